The van der Waals surface area contributed by atoms with Crippen molar-refractivity contribution in [3.05, 3.63) is 65.9 Å². The van der Waals surface area contributed by atoms with E-state index in [1.165, 1.54) is 0 Å². The highest BCUT2D eigenvalue weighted by Gasteiger charge is 2.58. The molecule has 1 saturated carbocycles. The summed E-state index contributed by atoms with van der Waals surface area (Å²) in [6, 6.07) is 15.4. The number of sulfone groups is 1. The number of hydrogen-bond acceptors (Lipinski definition) is 7. The molecule has 3 aromatic rings. The second-order valence-corrected chi connectivity index (χ2v) is 12.2. The van der Waals surface area contributed by atoms with Gasteiger partial charge in [-0.05, 0) is 62.6 Å². The molecule has 2 amide bonds. The van der Waals surface area contributed by atoms with E-state index < -0.39 is 27.3 Å². The van der Waals surface area contributed by atoms with E-state index in [1.54, 1.807) is 36.4 Å². The van der Waals surface area contributed by atoms with Crippen molar-refractivity contribution in [1.82, 2.24) is 15.3 Å². The van der Waals surface area contributed by atoms with E-state index in [9.17, 15) is 17.6 Å². The van der Waals surface area contributed by atoms with E-state index in [-0.39, 0.29) is 12.6 Å². The number of urea groups is 1. The van der Waals surface area contributed by atoms with Gasteiger partial charge in [0.05, 0.1) is 29.8 Å². The predicted molar refractivity (Wildman–Crippen MR) is 147 cm³/mol. The lowest BCUT2D eigenvalue weighted by Crippen LogP contribution is -2.44. The first kappa shape index (κ1) is 27.0. The van der Waals surface area contributed by atoms with Gasteiger partial charge in [0.2, 0.25) is 0 Å². The van der Waals surface area contributed by atoms with Crippen LogP contribution in [0.5, 0.6) is 0 Å². The number of nitrogens with zero attached hydrogens (tertiary/aromatic N) is 3. The third-order valence-electron chi connectivity index (χ3n) is 7.22. The largest absolute Gasteiger partial charge is 0.377 e. The number of alkyl halides is 1. The number of anilines is 2. The number of aryl methyl sites for hydroxylation is 1. The number of hydrogen-bond donors (Lipinski definition) is 2. The molecule has 11 heteroatoms. The minimum absolute atomic E-state index is 0.0619. The van der Waals surface area contributed by atoms with Gasteiger partial charge < -0.3 is 20.3 Å². The Kier molecular flexibility index (Phi) is 7.55. The Hall–Kier alpha value is -3.57. The zero-order valence-electron chi connectivity index (χ0n) is 22.0. The third-order valence-corrected chi connectivity index (χ3v) is 9.91. The van der Waals surface area contributed by atoms with Gasteiger partial charge in [0.1, 0.15) is 17.2 Å². The lowest BCUT2D eigenvalue weighted by molar-refractivity contribution is 0.0985. The maximum Gasteiger partial charge on any atom is 0.319 e. The predicted octanol–water partition coefficient (Wildman–Crippen LogP) is 4.23. The van der Waals surface area contributed by atoms with Crippen LogP contribution in [0.2, 0.25) is 0 Å². The second kappa shape index (κ2) is 10.9. The summed E-state index contributed by atoms with van der Waals surface area (Å²) in [5.41, 5.74) is 2.39. The molecule has 5 rings (SSSR count). The maximum atomic E-state index is 14.0. The average molecular weight is 554 g/mol. The Morgan fingerprint density at radius 1 is 1.15 bits per heavy atom. The molecule has 1 aliphatic carbocycles. The molecule has 0 unspecified atom stereocenters. The van der Waals surface area contributed by atoms with Gasteiger partial charge in [0.15, 0.2) is 15.7 Å². The summed E-state index contributed by atoms with van der Waals surface area (Å²) >= 11 is 0. The Labute approximate surface area is 227 Å². The van der Waals surface area contributed by atoms with Gasteiger partial charge in [0.25, 0.3) is 0 Å². The van der Waals surface area contributed by atoms with Crippen LogP contribution in [0.25, 0.3) is 11.4 Å². The minimum Gasteiger partial charge on any atom is -0.377 e. The summed E-state index contributed by atoms with van der Waals surface area (Å²) in [6.45, 7) is 4.87. The maximum absolute atomic E-state index is 14.0. The summed E-state index contributed by atoms with van der Waals surface area (Å²) in [7, 11) is -3.71. The fourth-order valence-corrected chi connectivity index (χ4v) is 7.08. The zero-order chi connectivity index (χ0) is 27.6. The van der Waals surface area contributed by atoms with Crippen LogP contribution in [-0.4, -0.2) is 63.4 Å². The van der Waals surface area contributed by atoms with Crippen LogP contribution in [-0.2, 0) is 19.3 Å². The van der Waals surface area contributed by atoms with E-state index in [0.717, 1.165) is 0 Å². The molecule has 2 fully saturated rings. The normalized spacial score (nSPS) is 18.4. The molecule has 2 N–H and O–H groups in total. The molecule has 39 heavy (non-hydrogen) atoms. The first-order valence-corrected chi connectivity index (χ1v) is 14.5. The SMILES string of the molecule is Cc1ccccc1S(=O)(=O)C1(c2cc(N3CCOC[C@@H]3C)nc(-c3ccc(NC(=O)NCCF)cc3)n2)CC1. The van der Waals surface area contributed by atoms with Crippen LogP contribution < -0.4 is 15.5 Å². The second-order valence-electron chi connectivity index (χ2n) is 9.96. The number of rotatable bonds is 8. The lowest BCUT2D eigenvalue weighted by Gasteiger charge is -2.34. The first-order valence-electron chi connectivity index (χ1n) is 13.0. The third kappa shape index (κ3) is 5.33. The van der Waals surface area contributed by atoms with Crippen molar-refractivity contribution in [2.75, 3.05) is 43.2 Å². The standard InChI is InChI=1S/C28H32FN5O4S/c1-19-5-3-4-6-23(19)39(36,37)28(11-12-28)24-17-25(34-15-16-38-18-20(34)2)33-26(32-24)21-7-9-22(10-8-21)31-27(35)30-14-13-29/h3-10,17,20H,11-16,18H2,1-2H3,(H2,30,31,35)/t20-/m0/s1. The van der Waals surface area contributed by atoms with Crippen LogP contribution in [0.4, 0.5) is 20.7 Å². The Morgan fingerprint density at radius 2 is 1.90 bits per heavy atom. The molecule has 2 aliphatic rings. The summed E-state index contributed by atoms with van der Waals surface area (Å²) in [5.74, 6) is 1.06. The number of nitrogens with one attached hydrogen (secondary N) is 2. The molecule has 0 radical (unpaired) electrons. The number of ether oxygens (including phenoxy) is 1. The van der Waals surface area contributed by atoms with Crippen LogP contribution in [0, 0.1) is 6.92 Å². The molecular formula is C28H32FN5O4S. The quantitative estimate of drug-likeness (QED) is 0.429. The lowest BCUT2D eigenvalue weighted by atomic mass is 10.1. The van der Waals surface area contributed by atoms with Crippen molar-refractivity contribution in [3.8, 4) is 11.4 Å². The number of morpholine rings is 1. The van der Waals surface area contributed by atoms with Crippen molar-refractivity contribution in [2.24, 2.45) is 0 Å². The Bertz CT molecular complexity index is 1460. The van der Waals surface area contributed by atoms with Gasteiger partial charge >= 0.3 is 6.03 Å². The van der Waals surface area contributed by atoms with Crippen LogP contribution in [0.15, 0.2) is 59.5 Å². The van der Waals surface area contributed by atoms with Crippen LogP contribution in [0.1, 0.15) is 31.0 Å². The highest BCUT2D eigenvalue weighted by molar-refractivity contribution is 7.92. The zero-order valence-corrected chi connectivity index (χ0v) is 22.8. The van der Waals surface area contributed by atoms with Crippen molar-refractivity contribution < 1.29 is 22.3 Å². The number of halogens is 1. The molecule has 1 atom stereocenters. The van der Waals surface area contributed by atoms with E-state index in [1.807, 2.05) is 32.0 Å². The van der Waals surface area contributed by atoms with E-state index in [0.29, 0.717) is 71.6 Å². The summed E-state index contributed by atoms with van der Waals surface area (Å²) in [4.78, 5) is 24.0. The van der Waals surface area contributed by atoms with E-state index in [2.05, 4.69) is 15.5 Å². The van der Waals surface area contributed by atoms with Gasteiger partial charge in [-0.3, -0.25) is 0 Å². The molecule has 0 bridgehead atoms. The van der Waals surface area contributed by atoms with Crippen molar-refractivity contribution in [3.63, 3.8) is 0 Å². The van der Waals surface area contributed by atoms with Gasteiger partial charge in [0, 0.05) is 30.4 Å². The Morgan fingerprint density at radius 3 is 2.56 bits per heavy atom. The molecule has 1 aromatic heterocycles. The number of amides is 2. The average Bonchev–Trinajstić information content (AvgIpc) is 3.76. The van der Waals surface area contributed by atoms with Crippen LogP contribution >= 0.6 is 0 Å². The summed E-state index contributed by atoms with van der Waals surface area (Å²) < 4.78 is 44.8. The highest BCUT2D eigenvalue weighted by atomic mass is 32.2. The Balaban J connectivity index is 1.54. The topological polar surface area (TPSA) is 114 Å². The number of carbonyl (C=O) groups is 1. The number of aromatic nitrogens is 2. The van der Waals surface area contributed by atoms with Gasteiger partial charge in [-0.15, -0.1) is 0 Å². The smallest absolute Gasteiger partial charge is 0.319 e. The molecule has 2 aromatic carbocycles. The van der Waals surface area contributed by atoms with Gasteiger partial charge in [-0.2, -0.15) is 0 Å². The fraction of sp³-hybridized carbons (Fsp3) is 0.393. The molecule has 2 heterocycles. The molecule has 206 valence electrons. The molecule has 9 nitrogen and oxygen atoms in total. The molecule has 1 aliphatic heterocycles. The van der Waals surface area contributed by atoms with E-state index in [4.69, 9.17) is 14.7 Å². The first-order chi connectivity index (χ1) is 18.7. The highest BCUT2D eigenvalue weighted by Crippen LogP contribution is 2.55. The summed E-state index contributed by atoms with van der Waals surface area (Å²) in [5, 5.41) is 5.07. The van der Waals surface area contributed by atoms with Crippen molar-refractivity contribution in [1.29, 1.82) is 0 Å². The fourth-order valence-electron chi connectivity index (χ4n) is 4.89. The number of benzene rings is 2. The minimum atomic E-state index is -3.71. The van der Waals surface area contributed by atoms with Crippen LogP contribution in [0.3, 0.4) is 0 Å². The van der Waals surface area contributed by atoms with E-state index >= 15 is 0 Å². The van der Waals surface area contributed by atoms with Crippen molar-refractivity contribution in [2.45, 2.75) is 42.4 Å². The molecule has 0 spiro atoms. The van der Waals surface area contributed by atoms with Gasteiger partial charge in [-0.1, -0.05) is 18.2 Å². The summed E-state index contributed by atoms with van der Waals surface area (Å²) in [6.07, 6.45) is 0.962. The van der Waals surface area contributed by atoms with Crippen molar-refractivity contribution >= 4 is 27.4 Å². The molecular weight excluding hydrogens is 521 g/mol. The monoisotopic (exact) mass is 553 g/mol. The number of carbonyl (C=O) groups excluding carboxylic acids is 1. The van der Waals surface area contributed by atoms with Gasteiger partial charge in [-0.25, -0.2) is 27.6 Å². The molecule has 1 saturated heterocycles.